The molecule has 45 heavy (non-hydrogen) atoms. The van der Waals surface area contributed by atoms with E-state index in [9.17, 15) is 0 Å². The fourth-order valence-corrected chi connectivity index (χ4v) is 8.51. The van der Waals surface area contributed by atoms with E-state index in [-0.39, 0.29) is 0 Å². The largest absolute Gasteiger partial charge is 0.398 e. The molecule has 0 spiro atoms. The average Bonchev–Trinajstić information content (AvgIpc) is 3.50. The van der Waals surface area contributed by atoms with Gasteiger partial charge in [0.25, 0.3) is 0 Å². The summed E-state index contributed by atoms with van der Waals surface area (Å²) in [6.07, 6.45) is 7.10. The molecule has 0 fully saturated rings. The van der Waals surface area contributed by atoms with Crippen molar-refractivity contribution in [2.45, 2.75) is 19.4 Å². The molecule has 2 nitrogen and oxygen atoms in total. The van der Waals surface area contributed by atoms with Crippen molar-refractivity contribution in [3.8, 4) is 11.1 Å². The Labute approximate surface area is 265 Å². The first-order valence-corrected chi connectivity index (χ1v) is 16.4. The molecule has 7 aromatic carbocycles. The van der Waals surface area contributed by atoms with Gasteiger partial charge in [-0.05, 0) is 68.3 Å². The lowest BCUT2D eigenvalue weighted by Crippen LogP contribution is -2.28. The van der Waals surface area contributed by atoms with E-state index in [1.807, 2.05) is 29.5 Å². The Bertz CT molecular complexity index is 2570. The molecule has 3 heteroatoms. The number of nitrogen functional groups attached to an aromatic ring is 1. The zero-order valence-electron chi connectivity index (χ0n) is 24.8. The summed E-state index contributed by atoms with van der Waals surface area (Å²) < 4.78 is 2.73. The van der Waals surface area contributed by atoms with E-state index in [1.165, 1.54) is 58.1 Å². The minimum Gasteiger partial charge on any atom is -0.398 e. The second-order valence-electron chi connectivity index (χ2n) is 11.9. The van der Waals surface area contributed by atoms with Crippen LogP contribution in [0.1, 0.15) is 29.5 Å². The lowest BCUT2D eigenvalue weighted by Gasteiger charge is -2.13. The number of benzene rings is 7. The Morgan fingerprint density at radius 2 is 1.42 bits per heavy atom. The van der Waals surface area contributed by atoms with E-state index in [2.05, 4.69) is 115 Å². The van der Waals surface area contributed by atoms with Crippen molar-refractivity contribution in [3.05, 3.63) is 148 Å². The summed E-state index contributed by atoms with van der Waals surface area (Å²) in [5, 5.41) is 10.6. The van der Waals surface area contributed by atoms with E-state index >= 15 is 0 Å². The van der Waals surface area contributed by atoms with Crippen LogP contribution in [0.5, 0.6) is 0 Å². The molecule has 2 N–H and O–H groups in total. The Morgan fingerprint density at radius 1 is 0.667 bits per heavy atom. The number of thiophene rings is 1. The number of fused-ring (bicyclic) bond motifs is 4. The van der Waals surface area contributed by atoms with Gasteiger partial charge in [-0.1, -0.05) is 121 Å². The normalized spacial score (nSPS) is 13.4. The van der Waals surface area contributed by atoms with Gasteiger partial charge in [-0.15, -0.1) is 11.3 Å². The Balaban J connectivity index is 1.17. The highest BCUT2D eigenvalue weighted by atomic mass is 32.1. The predicted molar refractivity (Wildman–Crippen MR) is 195 cm³/mol. The minimum atomic E-state index is 0.559. The molecule has 1 aliphatic rings. The van der Waals surface area contributed by atoms with Gasteiger partial charge < -0.3 is 5.73 Å². The summed E-state index contributed by atoms with van der Waals surface area (Å²) in [5.41, 5.74) is 14.2. The number of nitrogens with zero attached hydrogens (tertiary/aromatic N) is 1. The number of aliphatic imine (C=N–C) groups is 1. The van der Waals surface area contributed by atoms with E-state index in [4.69, 9.17) is 10.7 Å². The molecule has 0 saturated heterocycles. The van der Waals surface area contributed by atoms with E-state index in [0.717, 1.165) is 46.1 Å². The third kappa shape index (κ3) is 4.19. The number of rotatable bonds is 5. The SMILES string of the molecule is Nc1c(C(=NCc2cccc(-c3ccc4c5c(c6cccc7sc3c4c76)=CCCC=5)c2)c2ccccc2)ccc2ccccc12. The first-order chi connectivity index (χ1) is 22.2. The smallest absolute Gasteiger partial charge is 0.0743 e. The highest BCUT2D eigenvalue weighted by molar-refractivity contribution is 7.26. The Morgan fingerprint density at radius 3 is 2.29 bits per heavy atom. The van der Waals surface area contributed by atoms with Gasteiger partial charge in [-0.3, -0.25) is 4.99 Å². The van der Waals surface area contributed by atoms with Crippen LogP contribution in [-0.2, 0) is 6.54 Å². The van der Waals surface area contributed by atoms with Gasteiger partial charge in [-0.2, -0.15) is 0 Å². The topological polar surface area (TPSA) is 38.4 Å². The zero-order valence-corrected chi connectivity index (χ0v) is 25.6. The van der Waals surface area contributed by atoms with Crippen molar-refractivity contribution >= 4 is 76.6 Å². The van der Waals surface area contributed by atoms with Crippen LogP contribution in [0.2, 0.25) is 0 Å². The molecule has 214 valence electrons. The van der Waals surface area contributed by atoms with Crippen LogP contribution in [0.25, 0.3) is 65.0 Å². The predicted octanol–water partition coefficient (Wildman–Crippen LogP) is 9.44. The summed E-state index contributed by atoms with van der Waals surface area (Å²) in [6, 6.07) is 43.3. The van der Waals surface area contributed by atoms with E-state index in [0.29, 0.717) is 6.54 Å². The molecule has 8 aromatic rings. The number of hydrogen-bond acceptors (Lipinski definition) is 3. The summed E-state index contributed by atoms with van der Waals surface area (Å²) in [7, 11) is 0. The molecule has 0 aliphatic heterocycles. The van der Waals surface area contributed by atoms with Crippen LogP contribution in [0.3, 0.4) is 0 Å². The van der Waals surface area contributed by atoms with Crippen molar-refractivity contribution in [1.82, 2.24) is 0 Å². The Kier molecular flexibility index (Phi) is 6.07. The lowest BCUT2D eigenvalue weighted by atomic mass is 9.92. The summed E-state index contributed by atoms with van der Waals surface area (Å²) in [5.74, 6) is 0. The van der Waals surface area contributed by atoms with Gasteiger partial charge >= 0.3 is 0 Å². The first-order valence-electron chi connectivity index (χ1n) is 15.6. The summed E-state index contributed by atoms with van der Waals surface area (Å²) >= 11 is 1.92. The third-order valence-electron chi connectivity index (χ3n) is 9.31. The van der Waals surface area contributed by atoms with Crippen molar-refractivity contribution in [2.75, 3.05) is 5.73 Å². The van der Waals surface area contributed by atoms with Gasteiger partial charge in [0.05, 0.1) is 12.3 Å². The number of nitrogens with two attached hydrogens (primary N) is 1. The van der Waals surface area contributed by atoms with Crippen LogP contribution in [-0.4, -0.2) is 5.71 Å². The van der Waals surface area contributed by atoms with E-state index < -0.39 is 0 Å². The fourth-order valence-electron chi connectivity index (χ4n) is 7.22. The fraction of sp³-hybridized carbons (Fsp3) is 0.0714. The molecule has 0 atom stereocenters. The quantitative estimate of drug-likeness (QED) is 0.120. The molecule has 0 bridgehead atoms. The highest BCUT2D eigenvalue weighted by Crippen LogP contribution is 2.43. The zero-order chi connectivity index (χ0) is 29.9. The van der Waals surface area contributed by atoms with Gasteiger partial charge in [0.2, 0.25) is 0 Å². The maximum atomic E-state index is 6.79. The third-order valence-corrected chi connectivity index (χ3v) is 10.5. The van der Waals surface area contributed by atoms with Gasteiger partial charge in [-0.25, -0.2) is 0 Å². The van der Waals surface area contributed by atoms with Crippen LogP contribution < -0.4 is 16.2 Å². The second kappa shape index (κ2) is 10.4. The summed E-state index contributed by atoms with van der Waals surface area (Å²) in [6.45, 7) is 0.559. The summed E-state index contributed by atoms with van der Waals surface area (Å²) in [4.78, 5) is 5.24. The van der Waals surface area contributed by atoms with Crippen LogP contribution >= 0.6 is 11.3 Å². The molecule has 1 aliphatic carbocycles. The average molecular weight is 595 g/mol. The molecule has 1 heterocycles. The molecule has 0 saturated carbocycles. The first kappa shape index (κ1) is 26.2. The van der Waals surface area contributed by atoms with Crippen LogP contribution in [0, 0.1) is 0 Å². The van der Waals surface area contributed by atoms with Gasteiger partial charge in [0.1, 0.15) is 0 Å². The molecular weight excluding hydrogens is 565 g/mol. The maximum Gasteiger partial charge on any atom is 0.0743 e. The number of anilines is 1. The molecule has 1 aromatic heterocycles. The van der Waals surface area contributed by atoms with Gasteiger partial charge in [0.15, 0.2) is 0 Å². The highest BCUT2D eigenvalue weighted by Gasteiger charge is 2.18. The maximum absolute atomic E-state index is 6.79. The van der Waals surface area contributed by atoms with Crippen molar-refractivity contribution in [2.24, 2.45) is 4.99 Å². The molecule has 0 amide bonds. The number of hydrogen-bond donors (Lipinski definition) is 1. The second-order valence-corrected chi connectivity index (χ2v) is 13.0. The Hall–Kier alpha value is -5.25. The van der Waals surface area contributed by atoms with Crippen LogP contribution in [0.15, 0.2) is 126 Å². The lowest BCUT2D eigenvalue weighted by molar-refractivity contribution is 1.07. The molecule has 0 unspecified atom stereocenters. The standard InChI is InChI=1S/C42H30N2S/c43-40-30-15-5-4-11-27(30)20-21-36(40)41(28-12-2-1-3-13-28)44-25-26-10-8-14-29(24-26)31-22-23-35-33-17-7-6-16-32(33)34-18-9-19-37-38(34)39(35)42(31)45-37/h1-5,8-24H,6-7,25,43H2. The molecule has 9 rings (SSSR count). The van der Waals surface area contributed by atoms with Crippen LogP contribution in [0.4, 0.5) is 5.69 Å². The van der Waals surface area contributed by atoms with Crippen molar-refractivity contribution < 1.29 is 0 Å². The van der Waals surface area contributed by atoms with Gasteiger partial charge in [0, 0.05) is 42.4 Å². The minimum absolute atomic E-state index is 0.559. The molecular formula is C42H30N2S. The van der Waals surface area contributed by atoms with Crippen molar-refractivity contribution in [1.29, 1.82) is 0 Å². The van der Waals surface area contributed by atoms with Crippen molar-refractivity contribution in [3.63, 3.8) is 0 Å². The monoisotopic (exact) mass is 594 g/mol. The molecule has 0 radical (unpaired) electrons. The van der Waals surface area contributed by atoms with E-state index in [1.54, 1.807) is 0 Å².